The van der Waals surface area contributed by atoms with Crippen molar-refractivity contribution in [2.24, 2.45) is 5.73 Å². The maximum Gasteiger partial charge on any atom is 0.306 e. The molecule has 1 aliphatic rings. The molecule has 0 aromatic carbocycles. The Kier molecular flexibility index (Phi) is 13.8. The van der Waals surface area contributed by atoms with Gasteiger partial charge in [0.1, 0.15) is 49.3 Å². The van der Waals surface area contributed by atoms with Gasteiger partial charge in [0.05, 0.1) is 13.0 Å². The summed E-state index contributed by atoms with van der Waals surface area (Å²) in [6, 6.07) is -4.17. The van der Waals surface area contributed by atoms with Crippen molar-refractivity contribution in [3.63, 3.8) is 0 Å². The number of aliphatic hydroxyl groups excluding tert-OH is 3. The predicted octanol–water partition coefficient (Wildman–Crippen LogP) is -6.00. The van der Waals surface area contributed by atoms with Crippen molar-refractivity contribution in [1.29, 1.82) is 0 Å². The van der Waals surface area contributed by atoms with E-state index < -0.39 is 104 Å². The molecule has 6 amide bonds. The van der Waals surface area contributed by atoms with Gasteiger partial charge in [-0.2, -0.15) is 0 Å². The number of hydrogen-bond donors (Lipinski definition) is 8. The fourth-order valence-corrected chi connectivity index (χ4v) is 3.38. The van der Waals surface area contributed by atoms with Crippen LogP contribution in [0.25, 0.3) is 0 Å². The highest BCUT2D eigenvalue weighted by atomic mass is 16.5. The maximum atomic E-state index is 12.5. The number of esters is 1. The van der Waals surface area contributed by atoms with E-state index in [1.165, 1.54) is 6.92 Å². The van der Waals surface area contributed by atoms with Gasteiger partial charge in [0, 0.05) is 13.3 Å². The number of rotatable bonds is 17. The highest BCUT2D eigenvalue weighted by Crippen LogP contribution is 2.11. The van der Waals surface area contributed by atoms with Gasteiger partial charge in [-0.15, -0.1) is 0 Å². The molecule has 3 unspecified atom stereocenters. The van der Waals surface area contributed by atoms with Crippen LogP contribution in [0.3, 0.4) is 0 Å². The average Bonchev–Trinajstić information content (AvgIpc) is 3.20. The molecule has 18 nitrogen and oxygen atoms in total. The van der Waals surface area contributed by atoms with Gasteiger partial charge < -0.3 is 51.3 Å². The van der Waals surface area contributed by atoms with Crippen LogP contribution in [0, 0.1) is 0 Å². The van der Waals surface area contributed by atoms with Crippen molar-refractivity contribution >= 4 is 47.7 Å². The molecule has 0 radical (unpaired) electrons. The van der Waals surface area contributed by atoms with Gasteiger partial charge in [0.2, 0.25) is 29.5 Å². The molecule has 0 saturated carbocycles. The summed E-state index contributed by atoms with van der Waals surface area (Å²) >= 11 is 0. The molecule has 0 aromatic rings. The SMILES string of the molecule is CC(=O)N[C@@H](C=O)[C@@H](OCC(=O)NC(C)C(=O)NC(CCC(=O)OC1CC(=O)NC1=O)C(N)=O)[C@H](O)[C@H](O)CO. The molecule has 0 aromatic heterocycles. The number of imide groups is 1. The van der Waals surface area contributed by atoms with Crippen molar-refractivity contribution in [1.82, 2.24) is 21.3 Å². The molecule has 7 atom stereocenters. The van der Waals surface area contributed by atoms with Crippen LogP contribution in [0.1, 0.15) is 33.1 Å². The summed E-state index contributed by atoms with van der Waals surface area (Å²) in [6.07, 6.45) is -7.56. The monoisotopic (exact) mass is 575 g/mol. The molecule has 0 aliphatic carbocycles. The third-order valence-electron chi connectivity index (χ3n) is 5.46. The summed E-state index contributed by atoms with van der Waals surface area (Å²) in [5.41, 5.74) is 5.26. The summed E-state index contributed by atoms with van der Waals surface area (Å²) in [6.45, 7) is 0.491. The Hall–Kier alpha value is -4.00. The second-order valence-corrected chi connectivity index (χ2v) is 8.76. The molecule has 224 valence electrons. The zero-order valence-corrected chi connectivity index (χ0v) is 21.7. The van der Waals surface area contributed by atoms with Crippen molar-refractivity contribution in [2.45, 2.75) is 75.7 Å². The van der Waals surface area contributed by atoms with E-state index in [0.29, 0.717) is 0 Å². The van der Waals surface area contributed by atoms with Crippen LogP contribution in [-0.2, 0) is 47.8 Å². The summed E-state index contributed by atoms with van der Waals surface area (Å²) in [5.74, 6) is -5.88. The molecule has 18 heteroatoms. The first-order valence-corrected chi connectivity index (χ1v) is 11.9. The Morgan fingerprint density at radius 1 is 1.15 bits per heavy atom. The van der Waals surface area contributed by atoms with Crippen LogP contribution in [0.5, 0.6) is 0 Å². The number of primary amides is 1. The minimum absolute atomic E-state index is 0.190. The number of carbonyl (C=O) groups excluding carboxylic acids is 8. The Bertz CT molecular complexity index is 990. The van der Waals surface area contributed by atoms with E-state index in [1.54, 1.807) is 0 Å². The normalized spacial score (nSPS) is 19.2. The number of carbonyl (C=O) groups is 8. The highest BCUT2D eigenvalue weighted by Gasteiger charge is 2.36. The summed E-state index contributed by atoms with van der Waals surface area (Å²) in [7, 11) is 0. The Morgan fingerprint density at radius 2 is 1.80 bits per heavy atom. The minimum Gasteiger partial charge on any atom is -0.452 e. The fourth-order valence-electron chi connectivity index (χ4n) is 3.38. The molecule has 1 rings (SSSR count). The lowest BCUT2D eigenvalue weighted by Crippen LogP contribution is -2.56. The number of ether oxygens (including phenoxy) is 2. The topological polar surface area (TPSA) is 290 Å². The maximum absolute atomic E-state index is 12.5. The highest BCUT2D eigenvalue weighted by molar-refractivity contribution is 6.05. The van der Waals surface area contributed by atoms with Crippen molar-refractivity contribution in [2.75, 3.05) is 13.2 Å². The molecule has 0 bridgehead atoms. The lowest BCUT2D eigenvalue weighted by molar-refractivity contribution is -0.154. The molecule has 1 saturated heterocycles. The molecule has 9 N–H and O–H groups in total. The van der Waals surface area contributed by atoms with Crippen LogP contribution < -0.4 is 27.0 Å². The number of aliphatic hydroxyl groups is 3. The first kappa shape index (κ1) is 34.0. The smallest absolute Gasteiger partial charge is 0.306 e. The van der Waals surface area contributed by atoms with Gasteiger partial charge in [-0.25, -0.2) is 0 Å². The number of amides is 6. The zero-order valence-electron chi connectivity index (χ0n) is 21.7. The largest absolute Gasteiger partial charge is 0.452 e. The van der Waals surface area contributed by atoms with E-state index >= 15 is 0 Å². The third-order valence-corrected chi connectivity index (χ3v) is 5.46. The van der Waals surface area contributed by atoms with E-state index in [0.717, 1.165) is 6.92 Å². The summed E-state index contributed by atoms with van der Waals surface area (Å²) in [5, 5.41) is 37.5. The van der Waals surface area contributed by atoms with Gasteiger partial charge in [0.25, 0.3) is 5.91 Å². The lowest BCUT2D eigenvalue weighted by Gasteiger charge is -2.30. The van der Waals surface area contributed by atoms with E-state index in [-0.39, 0.29) is 19.1 Å². The Morgan fingerprint density at radius 3 is 2.30 bits per heavy atom. The first-order chi connectivity index (χ1) is 18.7. The third kappa shape index (κ3) is 11.0. The molecule has 1 heterocycles. The van der Waals surface area contributed by atoms with Gasteiger partial charge in [0.15, 0.2) is 6.10 Å². The van der Waals surface area contributed by atoms with E-state index in [9.17, 15) is 48.6 Å². The van der Waals surface area contributed by atoms with Crippen molar-refractivity contribution in [3.8, 4) is 0 Å². The standard InChI is InChI=1S/C22H33N5O13/c1-9(24-16(33)8-39-19(18(35)13(31)7-29)12(6-28)25-10(2)30)21(37)26-11(20(23)36)3-4-17(34)40-14-5-15(32)27-22(14)38/h6,9,11-14,18-19,29,31,35H,3-5,7-8H2,1-2H3,(H2,23,36)(H,24,33)(H,25,30)(H,26,37)(H,27,32,38)/t9?,11?,12-,13+,14?,18+,19+/m0/s1. The van der Waals surface area contributed by atoms with E-state index in [2.05, 4.69) is 16.0 Å². The number of nitrogens with two attached hydrogens (primary N) is 1. The lowest BCUT2D eigenvalue weighted by atomic mass is 10.0. The quantitative estimate of drug-likeness (QED) is 0.0456. The minimum atomic E-state index is -1.90. The van der Waals surface area contributed by atoms with Gasteiger partial charge in [-0.3, -0.25) is 38.9 Å². The van der Waals surface area contributed by atoms with Crippen LogP contribution in [0.15, 0.2) is 0 Å². The van der Waals surface area contributed by atoms with Crippen LogP contribution in [0.4, 0.5) is 0 Å². The van der Waals surface area contributed by atoms with Crippen molar-refractivity contribution in [3.05, 3.63) is 0 Å². The second kappa shape index (κ2) is 16.2. The van der Waals surface area contributed by atoms with Crippen LogP contribution >= 0.6 is 0 Å². The van der Waals surface area contributed by atoms with Gasteiger partial charge in [-0.1, -0.05) is 0 Å². The first-order valence-electron chi connectivity index (χ1n) is 11.9. The van der Waals surface area contributed by atoms with Crippen molar-refractivity contribution < 1.29 is 63.1 Å². The molecule has 40 heavy (non-hydrogen) atoms. The Labute approximate surface area is 227 Å². The average molecular weight is 576 g/mol. The molecule has 1 fully saturated rings. The fraction of sp³-hybridized carbons (Fsp3) is 0.636. The van der Waals surface area contributed by atoms with Crippen LogP contribution in [0.2, 0.25) is 0 Å². The predicted molar refractivity (Wildman–Crippen MR) is 128 cm³/mol. The summed E-state index contributed by atoms with van der Waals surface area (Å²) < 4.78 is 10.1. The van der Waals surface area contributed by atoms with E-state index in [1.807, 2.05) is 5.32 Å². The zero-order chi connectivity index (χ0) is 30.6. The molecular formula is C22H33N5O13. The second-order valence-electron chi connectivity index (χ2n) is 8.76. The molecule has 0 spiro atoms. The molecule has 1 aliphatic heterocycles. The number of nitrogens with one attached hydrogen (secondary N) is 4. The van der Waals surface area contributed by atoms with Crippen LogP contribution in [-0.4, -0.2) is 119 Å². The molecular weight excluding hydrogens is 542 g/mol. The van der Waals surface area contributed by atoms with Gasteiger partial charge >= 0.3 is 5.97 Å². The number of hydrogen-bond acceptors (Lipinski definition) is 13. The van der Waals surface area contributed by atoms with E-state index in [4.69, 9.17) is 20.3 Å². The summed E-state index contributed by atoms with van der Waals surface area (Å²) in [4.78, 5) is 93.8. The van der Waals surface area contributed by atoms with Gasteiger partial charge in [-0.05, 0) is 13.3 Å². The number of aldehydes is 1. The Balaban J connectivity index is 2.67.